The highest BCUT2D eigenvalue weighted by Gasteiger charge is 2.26. The maximum Gasteiger partial charge on any atom is 0.228 e. The zero-order valence-electron chi connectivity index (χ0n) is 10.6. The lowest BCUT2D eigenvalue weighted by Crippen LogP contribution is -2.23. The van der Waals surface area contributed by atoms with Crippen LogP contribution in [-0.4, -0.2) is 11.6 Å². The van der Waals surface area contributed by atoms with Crippen molar-refractivity contribution in [2.75, 3.05) is 0 Å². The first-order valence-corrected chi connectivity index (χ1v) is 6.48. The van der Waals surface area contributed by atoms with E-state index in [1.54, 1.807) is 6.07 Å². The normalized spacial score (nSPS) is 14.3. The Kier molecular flexibility index (Phi) is 3.00. The summed E-state index contributed by atoms with van der Waals surface area (Å²) in [5, 5.41) is 0. The van der Waals surface area contributed by atoms with Crippen LogP contribution in [0, 0.1) is 0 Å². The Bertz CT molecular complexity index is 642. The summed E-state index contributed by atoms with van der Waals surface area (Å²) in [6.45, 7) is 0. The van der Waals surface area contributed by atoms with Crippen LogP contribution >= 0.6 is 0 Å². The van der Waals surface area contributed by atoms with Crippen LogP contribution in [-0.2, 0) is 17.6 Å². The Balaban J connectivity index is 2.00. The molecule has 3 rings (SSSR count). The SMILES string of the molecule is O=C1CCc2c(Cc3ccccc3)cccc2C1=O. The second kappa shape index (κ2) is 4.81. The zero-order valence-corrected chi connectivity index (χ0v) is 10.6. The van der Waals surface area contributed by atoms with E-state index in [9.17, 15) is 9.59 Å². The molecule has 0 saturated carbocycles. The van der Waals surface area contributed by atoms with Gasteiger partial charge in [-0.2, -0.15) is 0 Å². The number of carbonyl (C=O) groups excluding carboxylic acids is 2. The number of hydrogen-bond acceptors (Lipinski definition) is 2. The van der Waals surface area contributed by atoms with Gasteiger partial charge in [-0.3, -0.25) is 9.59 Å². The molecule has 2 nitrogen and oxygen atoms in total. The van der Waals surface area contributed by atoms with Crippen LogP contribution in [0.4, 0.5) is 0 Å². The van der Waals surface area contributed by atoms with Gasteiger partial charge in [0.05, 0.1) is 0 Å². The number of ketones is 2. The van der Waals surface area contributed by atoms with E-state index in [4.69, 9.17) is 0 Å². The predicted molar refractivity (Wildman–Crippen MR) is 73.3 cm³/mol. The molecule has 2 heteroatoms. The van der Waals surface area contributed by atoms with Crippen LogP contribution in [0.1, 0.15) is 33.5 Å². The molecule has 0 spiro atoms. The lowest BCUT2D eigenvalue weighted by Gasteiger charge is -2.17. The molecule has 0 fully saturated rings. The minimum Gasteiger partial charge on any atom is -0.290 e. The van der Waals surface area contributed by atoms with Crippen LogP contribution < -0.4 is 0 Å². The van der Waals surface area contributed by atoms with Gasteiger partial charge in [0.1, 0.15) is 0 Å². The average Bonchev–Trinajstić information content (AvgIpc) is 2.45. The molecule has 1 aliphatic carbocycles. The van der Waals surface area contributed by atoms with Gasteiger partial charge in [-0.05, 0) is 29.5 Å². The van der Waals surface area contributed by atoms with Crippen LogP contribution in [0.2, 0.25) is 0 Å². The summed E-state index contributed by atoms with van der Waals surface area (Å²) in [6, 6.07) is 15.9. The van der Waals surface area contributed by atoms with E-state index in [0.29, 0.717) is 18.4 Å². The lowest BCUT2D eigenvalue weighted by atomic mass is 9.85. The summed E-state index contributed by atoms with van der Waals surface area (Å²) in [4.78, 5) is 23.3. The van der Waals surface area contributed by atoms with Gasteiger partial charge in [-0.1, -0.05) is 48.5 Å². The molecule has 0 aromatic heterocycles. The lowest BCUT2D eigenvalue weighted by molar-refractivity contribution is -0.115. The van der Waals surface area contributed by atoms with Crippen molar-refractivity contribution < 1.29 is 9.59 Å². The highest BCUT2D eigenvalue weighted by molar-refractivity contribution is 6.44. The predicted octanol–water partition coefficient (Wildman–Crippen LogP) is 2.98. The van der Waals surface area contributed by atoms with Crippen molar-refractivity contribution in [3.8, 4) is 0 Å². The maximum absolute atomic E-state index is 11.9. The highest BCUT2D eigenvalue weighted by Crippen LogP contribution is 2.24. The molecular formula is C17H14O2. The fraction of sp³-hybridized carbons (Fsp3) is 0.176. The molecule has 0 saturated heterocycles. The third-order valence-electron chi connectivity index (χ3n) is 3.61. The monoisotopic (exact) mass is 250 g/mol. The highest BCUT2D eigenvalue weighted by atomic mass is 16.2. The second-order valence-corrected chi connectivity index (χ2v) is 4.86. The summed E-state index contributed by atoms with van der Waals surface area (Å²) in [7, 11) is 0. The van der Waals surface area contributed by atoms with Gasteiger partial charge in [-0.15, -0.1) is 0 Å². The molecule has 0 aliphatic heterocycles. The first-order valence-electron chi connectivity index (χ1n) is 6.48. The first-order chi connectivity index (χ1) is 9.25. The summed E-state index contributed by atoms with van der Waals surface area (Å²) in [6.07, 6.45) is 1.84. The van der Waals surface area contributed by atoms with Crippen LogP contribution in [0.25, 0.3) is 0 Å². The van der Waals surface area contributed by atoms with E-state index < -0.39 is 0 Å². The standard InChI is InChI=1S/C17H14O2/c18-16-10-9-14-13(7-4-8-15(14)17(16)19)11-12-5-2-1-3-6-12/h1-8H,9-11H2. The number of fused-ring (bicyclic) bond motifs is 1. The van der Waals surface area contributed by atoms with E-state index in [-0.39, 0.29) is 11.6 Å². The maximum atomic E-state index is 11.9. The van der Waals surface area contributed by atoms with Gasteiger partial charge in [0.2, 0.25) is 11.6 Å². The van der Waals surface area contributed by atoms with E-state index in [1.807, 2.05) is 24.3 Å². The van der Waals surface area contributed by atoms with E-state index in [2.05, 4.69) is 18.2 Å². The number of carbonyl (C=O) groups is 2. The quantitative estimate of drug-likeness (QED) is 0.768. The Hall–Kier alpha value is -2.22. The van der Waals surface area contributed by atoms with Gasteiger partial charge in [0, 0.05) is 12.0 Å². The molecular weight excluding hydrogens is 236 g/mol. The smallest absolute Gasteiger partial charge is 0.228 e. The second-order valence-electron chi connectivity index (χ2n) is 4.86. The zero-order chi connectivity index (χ0) is 13.2. The Labute approximate surface area is 112 Å². The van der Waals surface area contributed by atoms with Crippen molar-refractivity contribution in [3.05, 3.63) is 70.8 Å². The third kappa shape index (κ3) is 2.22. The summed E-state index contributed by atoms with van der Waals surface area (Å²) < 4.78 is 0. The van der Waals surface area contributed by atoms with Gasteiger partial charge in [0.25, 0.3) is 0 Å². The van der Waals surface area contributed by atoms with Gasteiger partial charge in [0.15, 0.2) is 0 Å². The van der Waals surface area contributed by atoms with E-state index in [0.717, 1.165) is 17.5 Å². The van der Waals surface area contributed by atoms with E-state index in [1.165, 1.54) is 5.56 Å². The molecule has 0 radical (unpaired) electrons. The van der Waals surface area contributed by atoms with Gasteiger partial charge in [-0.25, -0.2) is 0 Å². The van der Waals surface area contributed by atoms with Crippen molar-refractivity contribution in [3.63, 3.8) is 0 Å². The van der Waals surface area contributed by atoms with E-state index >= 15 is 0 Å². The van der Waals surface area contributed by atoms with Crippen LogP contribution in [0.15, 0.2) is 48.5 Å². The van der Waals surface area contributed by atoms with Crippen molar-refractivity contribution >= 4 is 11.6 Å². The molecule has 0 N–H and O–H groups in total. The molecule has 0 heterocycles. The number of rotatable bonds is 2. The molecule has 0 unspecified atom stereocenters. The fourth-order valence-corrected chi connectivity index (χ4v) is 2.63. The minimum absolute atomic E-state index is 0.260. The topological polar surface area (TPSA) is 34.1 Å². The molecule has 19 heavy (non-hydrogen) atoms. The van der Waals surface area contributed by atoms with Gasteiger partial charge < -0.3 is 0 Å². The first kappa shape index (κ1) is 11.8. The third-order valence-corrected chi connectivity index (χ3v) is 3.61. The average molecular weight is 250 g/mol. The largest absolute Gasteiger partial charge is 0.290 e. The van der Waals surface area contributed by atoms with Crippen LogP contribution in [0.3, 0.4) is 0 Å². The Morgan fingerprint density at radius 1 is 0.842 bits per heavy atom. The molecule has 2 aromatic rings. The Morgan fingerprint density at radius 2 is 1.63 bits per heavy atom. The molecule has 0 bridgehead atoms. The Morgan fingerprint density at radius 3 is 2.42 bits per heavy atom. The molecule has 2 aromatic carbocycles. The summed E-state index contributed by atoms with van der Waals surface area (Å²) >= 11 is 0. The summed E-state index contributed by atoms with van der Waals surface area (Å²) in [5.41, 5.74) is 4.03. The number of benzene rings is 2. The molecule has 0 amide bonds. The van der Waals surface area contributed by atoms with Gasteiger partial charge >= 0.3 is 0 Å². The molecule has 94 valence electrons. The van der Waals surface area contributed by atoms with Crippen molar-refractivity contribution in [1.82, 2.24) is 0 Å². The van der Waals surface area contributed by atoms with Crippen molar-refractivity contribution in [1.29, 1.82) is 0 Å². The fourth-order valence-electron chi connectivity index (χ4n) is 2.63. The van der Waals surface area contributed by atoms with Crippen molar-refractivity contribution in [2.24, 2.45) is 0 Å². The minimum atomic E-state index is -0.323. The number of Topliss-reactive ketones (excluding diaryl/α,β-unsaturated/α-hetero) is 2. The summed E-state index contributed by atoms with van der Waals surface area (Å²) in [5.74, 6) is -0.583. The molecule has 0 atom stereocenters. The van der Waals surface area contributed by atoms with Crippen LogP contribution in [0.5, 0.6) is 0 Å². The van der Waals surface area contributed by atoms with Crippen molar-refractivity contribution in [2.45, 2.75) is 19.3 Å². The number of hydrogen-bond donors (Lipinski definition) is 0. The molecule has 1 aliphatic rings.